The van der Waals surface area contributed by atoms with Gasteiger partial charge in [0.05, 0.1) is 11.3 Å². The molecule has 1 aliphatic heterocycles. The lowest BCUT2D eigenvalue weighted by molar-refractivity contribution is -0.110. The third-order valence-electron chi connectivity index (χ3n) is 3.83. The molecule has 4 rings (SSSR count). The van der Waals surface area contributed by atoms with E-state index in [4.69, 9.17) is 11.6 Å². The second-order valence-corrected chi connectivity index (χ2v) is 7.05. The Kier molecular flexibility index (Phi) is 3.01. The van der Waals surface area contributed by atoms with Crippen molar-refractivity contribution in [3.05, 3.63) is 45.2 Å². The van der Waals surface area contributed by atoms with Crippen LogP contribution < -0.4 is 5.32 Å². The topological polar surface area (TPSA) is 66.6 Å². The zero-order valence-electron chi connectivity index (χ0n) is 12.3. The van der Waals surface area contributed by atoms with Gasteiger partial charge >= 0.3 is 0 Å². The highest BCUT2D eigenvalue weighted by molar-refractivity contribution is 7.17. The molecule has 2 N–H and O–H groups in total. The van der Waals surface area contributed by atoms with Crippen LogP contribution in [0.4, 0.5) is 5.69 Å². The lowest BCUT2D eigenvalue weighted by Crippen LogP contribution is -2.03. The zero-order valence-corrected chi connectivity index (χ0v) is 13.9. The lowest BCUT2D eigenvalue weighted by atomic mass is 10.0. The lowest BCUT2D eigenvalue weighted by Gasteiger charge is -2.03. The number of hydrogen-bond donors (Lipinski definition) is 2. The van der Waals surface area contributed by atoms with Gasteiger partial charge in [0.1, 0.15) is 5.75 Å². The van der Waals surface area contributed by atoms with Crippen molar-refractivity contribution in [3.63, 3.8) is 0 Å². The summed E-state index contributed by atoms with van der Waals surface area (Å²) in [6.07, 6.45) is 3.65. The Hall–Kier alpha value is -2.31. The van der Waals surface area contributed by atoms with Crippen molar-refractivity contribution >= 4 is 51.1 Å². The number of benzene rings is 1. The first-order valence-corrected chi connectivity index (χ1v) is 8.14. The van der Waals surface area contributed by atoms with E-state index in [2.05, 4.69) is 10.3 Å². The fourth-order valence-corrected chi connectivity index (χ4v) is 3.80. The molecule has 3 heterocycles. The molecule has 1 amide bonds. The summed E-state index contributed by atoms with van der Waals surface area (Å²) in [4.78, 5) is 18.5. The molecular weight excluding hydrogens is 334 g/mol. The fourth-order valence-electron chi connectivity index (χ4n) is 2.69. The number of fused-ring (bicyclic) bond motifs is 2. The van der Waals surface area contributed by atoms with Crippen LogP contribution in [0.2, 0.25) is 5.15 Å². The van der Waals surface area contributed by atoms with Gasteiger partial charge in [0.15, 0.2) is 10.1 Å². The van der Waals surface area contributed by atoms with Crippen LogP contribution >= 0.6 is 22.9 Å². The molecule has 2 aromatic heterocycles. The van der Waals surface area contributed by atoms with Gasteiger partial charge in [-0.15, -0.1) is 11.3 Å². The van der Waals surface area contributed by atoms with E-state index in [1.54, 1.807) is 25.1 Å². The summed E-state index contributed by atoms with van der Waals surface area (Å²) in [6, 6.07) is 3.35. The van der Waals surface area contributed by atoms with E-state index in [9.17, 15) is 9.90 Å². The van der Waals surface area contributed by atoms with E-state index in [0.717, 1.165) is 9.84 Å². The highest BCUT2D eigenvalue weighted by atomic mass is 35.5. The molecular formula is C16H12ClN3O2S. The molecule has 0 bridgehead atoms. The van der Waals surface area contributed by atoms with E-state index in [1.807, 2.05) is 17.5 Å². The molecule has 0 radical (unpaired) electrons. The number of anilines is 1. The van der Waals surface area contributed by atoms with Crippen molar-refractivity contribution in [1.82, 2.24) is 9.38 Å². The maximum absolute atomic E-state index is 12.3. The van der Waals surface area contributed by atoms with E-state index in [1.165, 1.54) is 11.3 Å². The Balaban J connectivity index is 1.93. The minimum atomic E-state index is -0.219. The Morgan fingerprint density at radius 2 is 2.17 bits per heavy atom. The van der Waals surface area contributed by atoms with E-state index in [-0.39, 0.29) is 11.7 Å². The number of phenols is 1. The van der Waals surface area contributed by atoms with Crippen molar-refractivity contribution in [2.45, 2.75) is 13.8 Å². The third-order valence-corrected chi connectivity index (χ3v) is 5.01. The van der Waals surface area contributed by atoms with E-state index in [0.29, 0.717) is 33.2 Å². The molecule has 1 aromatic carbocycles. The number of aromatic nitrogens is 2. The van der Waals surface area contributed by atoms with Crippen LogP contribution in [0, 0.1) is 13.8 Å². The summed E-state index contributed by atoms with van der Waals surface area (Å²) in [7, 11) is 0. The van der Waals surface area contributed by atoms with Crippen LogP contribution in [-0.4, -0.2) is 20.4 Å². The molecule has 3 aromatic rings. The molecule has 5 nitrogen and oxygen atoms in total. The van der Waals surface area contributed by atoms with Gasteiger partial charge in [0.2, 0.25) is 0 Å². The summed E-state index contributed by atoms with van der Waals surface area (Å²) < 4.78 is 1.87. The number of aryl methyl sites for hydroxylation is 2. The largest absolute Gasteiger partial charge is 0.508 e. The predicted octanol–water partition coefficient (Wildman–Crippen LogP) is 3.86. The van der Waals surface area contributed by atoms with Crippen molar-refractivity contribution in [1.29, 1.82) is 0 Å². The third kappa shape index (κ3) is 2.14. The van der Waals surface area contributed by atoms with Gasteiger partial charge in [0, 0.05) is 22.3 Å². The van der Waals surface area contributed by atoms with Gasteiger partial charge in [-0.25, -0.2) is 4.98 Å². The molecule has 0 atom stereocenters. The van der Waals surface area contributed by atoms with Crippen LogP contribution in [0.3, 0.4) is 0 Å². The van der Waals surface area contributed by atoms with Gasteiger partial charge < -0.3 is 10.4 Å². The normalized spacial score (nSPS) is 15.4. The van der Waals surface area contributed by atoms with Crippen LogP contribution in [0.1, 0.15) is 21.7 Å². The average Bonchev–Trinajstić information content (AvgIpc) is 3.05. The molecule has 7 heteroatoms. The highest BCUT2D eigenvalue weighted by Crippen LogP contribution is 2.38. The molecule has 116 valence electrons. The number of amides is 1. The summed E-state index contributed by atoms with van der Waals surface area (Å²) in [6.45, 7) is 3.78. The van der Waals surface area contributed by atoms with Gasteiger partial charge in [-0.2, -0.15) is 0 Å². The van der Waals surface area contributed by atoms with Gasteiger partial charge in [-0.1, -0.05) is 11.6 Å². The van der Waals surface area contributed by atoms with Crippen LogP contribution in [-0.2, 0) is 4.79 Å². The molecule has 0 unspecified atom stereocenters. The number of carbonyl (C=O) groups is 1. The molecule has 0 aliphatic carbocycles. The Labute approximate surface area is 140 Å². The summed E-state index contributed by atoms with van der Waals surface area (Å²) in [5.74, 6) is -0.0648. The second-order valence-electron chi connectivity index (χ2n) is 5.48. The molecule has 1 aliphatic rings. The number of aromatic hydroxyl groups is 1. The number of thiazole rings is 1. The van der Waals surface area contributed by atoms with E-state index < -0.39 is 0 Å². The van der Waals surface area contributed by atoms with Gasteiger partial charge in [-0.05, 0) is 37.6 Å². The second kappa shape index (κ2) is 4.84. The average molecular weight is 346 g/mol. The first-order valence-electron chi connectivity index (χ1n) is 6.95. The standard InChI is InChI=1S/C16H12ClN3O2S/c1-7-3-11-9(5-13(7)21)10(15(22)18-11)4-12-14(17)19-16-20(12)6-8(2)23-16/h3-6,21H,1-2H3,(H,18,22)/b10-4+. The smallest absolute Gasteiger partial charge is 0.256 e. The molecule has 0 saturated carbocycles. The summed E-state index contributed by atoms with van der Waals surface area (Å²) in [5.41, 5.74) is 3.18. The van der Waals surface area contributed by atoms with Crippen LogP contribution in [0.5, 0.6) is 5.75 Å². The van der Waals surface area contributed by atoms with Crippen molar-refractivity contribution in [3.8, 4) is 5.75 Å². The molecule has 23 heavy (non-hydrogen) atoms. The molecule has 0 saturated heterocycles. The Morgan fingerprint density at radius 3 is 2.96 bits per heavy atom. The summed E-state index contributed by atoms with van der Waals surface area (Å²) in [5, 5.41) is 13.1. The number of hydrogen-bond acceptors (Lipinski definition) is 4. The zero-order chi connectivity index (χ0) is 16.3. The minimum absolute atomic E-state index is 0.155. The quantitative estimate of drug-likeness (QED) is 0.520. The predicted molar refractivity (Wildman–Crippen MR) is 92.2 cm³/mol. The molecule has 0 fully saturated rings. The van der Waals surface area contributed by atoms with E-state index >= 15 is 0 Å². The van der Waals surface area contributed by atoms with Crippen molar-refractivity contribution in [2.24, 2.45) is 0 Å². The summed E-state index contributed by atoms with van der Waals surface area (Å²) >= 11 is 7.75. The monoisotopic (exact) mass is 345 g/mol. The minimum Gasteiger partial charge on any atom is -0.508 e. The number of halogens is 1. The Bertz CT molecular complexity index is 1020. The highest BCUT2D eigenvalue weighted by Gasteiger charge is 2.26. The molecule has 0 spiro atoms. The maximum atomic E-state index is 12.3. The number of imidazole rings is 1. The first kappa shape index (κ1) is 14.3. The fraction of sp³-hybridized carbons (Fsp3) is 0.125. The first-order chi connectivity index (χ1) is 10.9. The SMILES string of the molecule is Cc1cn2c(/C=C3/C(=O)Nc4cc(C)c(O)cc43)c(Cl)nc2s1. The van der Waals surface area contributed by atoms with Gasteiger partial charge in [0.25, 0.3) is 5.91 Å². The number of carbonyl (C=O) groups excluding carboxylic acids is 1. The number of rotatable bonds is 1. The van der Waals surface area contributed by atoms with Crippen LogP contribution in [0.25, 0.3) is 16.6 Å². The number of phenolic OH excluding ortho intramolecular Hbond substituents is 1. The maximum Gasteiger partial charge on any atom is 0.256 e. The number of nitrogens with zero attached hydrogens (tertiary/aromatic N) is 2. The van der Waals surface area contributed by atoms with Crippen LogP contribution in [0.15, 0.2) is 18.3 Å². The van der Waals surface area contributed by atoms with Gasteiger partial charge in [-0.3, -0.25) is 9.20 Å². The van der Waals surface area contributed by atoms with Crippen molar-refractivity contribution in [2.75, 3.05) is 5.32 Å². The number of nitrogens with one attached hydrogen (secondary N) is 1. The Morgan fingerprint density at radius 1 is 1.39 bits per heavy atom. The van der Waals surface area contributed by atoms with Crippen molar-refractivity contribution < 1.29 is 9.90 Å².